The number of aromatic hydroxyl groups is 1. The van der Waals surface area contributed by atoms with Gasteiger partial charge in [-0.25, -0.2) is 0 Å². The monoisotopic (exact) mass is 248 g/mol. The number of benzene rings is 1. The van der Waals surface area contributed by atoms with Gasteiger partial charge in [0.25, 0.3) is 0 Å². The van der Waals surface area contributed by atoms with Crippen LogP contribution in [0.3, 0.4) is 0 Å². The molecule has 1 N–H and O–H groups in total. The minimum atomic E-state index is 0.254. The molecule has 0 fully saturated rings. The fourth-order valence-corrected chi connectivity index (χ4v) is 1.63. The standard InChI is InChI=1S/C13H16N2O3/c1-17-8-2-3-12-14-13(18-15-12)9-10-4-6-11(16)7-5-10/h4-7,16H,2-3,8-9H2,1H3. The van der Waals surface area contributed by atoms with Crippen molar-refractivity contribution in [2.45, 2.75) is 19.3 Å². The number of nitrogens with zero attached hydrogens (tertiary/aromatic N) is 2. The van der Waals surface area contributed by atoms with Gasteiger partial charge in [0.15, 0.2) is 5.82 Å². The van der Waals surface area contributed by atoms with E-state index in [1.54, 1.807) is 19.2 Å². The number of rotatable bonds is 6. The molecular formula is C13H16N2O3. The number of phenols is 1. The summed E-state index contributed by atoms with van der Waals surface area (Å²) in [6, 6.07) is 6.96. The number of hydrogen-bond donors (Lipinski definition) is 1. The van der Waals surface area contributed by atoms with Crippen molar-refractivity contribution in [2.75, 3.05) is 13.7 Å². The van der Waals surface area contributed by atoms with E-state index < -0.39 is 0 Å². The van der Waals surface area contributed by atoms with Crippen molar-refractivity contribution in [3.05, 3.63) is 41.5 Å². The number of phenolic OH excluding ortho intramolecular Hbond substituents is 1. The molecule has 96 valence electrons. The number of ether oxygens (including phenoxy) is 1. The molecule has 0 amide bonds. The Morgan fingerprint density at radius 3 is 2.78 bits per heavy atom. The first-order valence-corrected chi connectivity index (χ1v) is 5.86. The summed E-state index contributed by atoms with van der Waals surface area (Å²) in [7, 11) is 1.67. The van der Waals surface area contributed by atoms with Gasteiger partial charge in [-0.2, -0.15) is 4.98 Å². The fourth-order valence-electron chi connectivity index (χ4n) is 1.63. The van der Waals surface area contributed by atoms with E-state index in [0.29, 0.717) is 24.7 Å². The molecule has 0 saturated carbocycles. The summed E-state index contributed by atoms with van der Waals surface area (Å²) in [5.74, 6) is 1.55. The van der Waals surface area contributed by atoms with Crippen molar-refractivity contribution in [2.24, 2.45) is 0 Å². The molecule has 1 aromatic carbocycles. The van der Waals surface area contributed by atoms with Gasteiger partial charge in [-0.1, -0.05) is 17.3 Å². The van der Waals surface area contributed by atoms with Crippen LogP contribution in [0.4, 0.5) is 0 Å². The lowest BCUT2D eigenvalue weighted by molar-refractivity contribution is 0.194. The van der Waals surface area contributed by atoms with E-state index in [0.717, 1.165) is 18.4 Å². The van der Waals surface area contributed by atoms with Gasteiger partial charge in [0.1, 0.15) is 5.75 Å². The van der Waals surface area contributed by atoms with Crippen LogP contribution in [0.15, 0.2) is 28.8 Å². The van der Waals surface area contributed by atoms with Crippen molar-refractivity contribution in [3.63, 3.8) is 0 Å². The Balaban J connectivity index is 1.91. The van der Waals surface area contributed by atoms with Gasteiger partial charge < -0.3 is 14.4 Å². The first-order chi connectivity index (χ1) is 8.78. The molecule has 0 spiro atoms. The summed E-state index contributed by atoms with van der Waals surface area (Å²) in [5, 5.41) is 13.1. The molecule has 0 aliphatic carbocycles. The molecule has 0 aliphatic heterocycles. The minimum absolute atomic E-state index is 0.254. The molecule has 0 radical (unpaired) electrons. The first kappa shape index (κ1) is 12.6. The first-order valence-electron chi connectivity index (χ1n) is 5.86. The maximum atomic E-state index is 9.18. The third-order valence-electron chi connectivity index (χ3n) is 2.55. The summed E-state index contributed by atoms with van der Waals surface area (Å²) in [6.45, 7) is 0.696. The molecule has 0 aliphatic rings. The SMILES string of the molecule is COCCCc1noc(Cc2ccc(O)cc2)n1. The second-order valence-corrected chi connectivity index (χ2v) is 4.04. The summed E-state index contributed by atoms with van der Waals surface area (Å²) < 4.78 is 10.1. The van der Waals surface area contributed by atoms with E-state index in [1.807, 2.05) is 12.1 Å². The van der Waals surface area contributed by atoms with Gasteiger partial charge in [-0.15, -0.1) is 0 Å². The van der Waals surface area contributed by atoms with Crippen LogP contribution in [-0.4, -0.2) is 29.0 Å². The highest BCUT2D eigenvalue weighted by atomic mass is 16.5. The van der Waals surface area contributed by atoms with Gasteiger partial charge in [-0.05, 0) is 24.1 Å². The topological polar surface area (TPSA) is 68.4 Å². The molecule has 0 atom stereocenters. The highest BCUT2D eigenvalue weighted by Gasteiger charge is 2.07. The Hall–Kier alpha value is -1.88. The van der Waals surface area contributed by atoms with Gasteiger partial charge >= 0.3 is 0 Å². The zero-order valence-corrected chi connectivity index (χ0v) is 10.3. The molecule has 0 saturated heterocycles. The zero-order valence-electron chi connectivity index (χ0n) is 10.3. The molecule has 5 heteroatoms. The van der Waals surface area contributed by atoms with Crippen LogP contribution in [0, 0.1) is 0 Å². The summed E-state index contributed by atoms with van der Waals surface area (Å²) in [6.07, 6.45) is 2.22. The van der Waals surface area contributed by atoms with E-state index in [4.69, 9.17) is 9.26 Å². The summed E-state index contributed by atoms with van der Waals surface area (Å²) in [4.78, 5) is 4.30. The molecule has 1 aromatic heterocycles. The van der Waals surface area contributed by atoms with Gasteiger partial charge in [0, 0.05) is 20.1 Å². The third-order valence-corrected chi connectivity index (χ3v) is 2.55. The zero-order chi connectivity index (χ0) is 12.8. The molecule has 18 heavy (non-hydrogen) atoms. The lowest BCUT2D eigenvalue weighted by atomic mass is 10.1. The van der Waals surface area contributed by atoms with Crippen LogP contribution in [0.5, 0.6) is 5.75 Å². The molecule has 1 heterocycles. The average Bonchev–Trinajstić information content (AvgIpc) is 2.80. The van der Waals surface area contributed by atoms with Gasteiger partial charge in [-0.3, -0.25) is 0 Å². The van der Waals surface area contributed by atoms with Crippen molar-refractivity contribution >= 4 is 0 Å². The average molecular weight is 248 g/mol. The number of hydrogen-bond acceptors (Lipinski definition) is 5. The highest BCUT2D eigenvalue weighted by molar-refractivity contribution is 5.27. The van der Waals surface area contributed by atoms with E-state index in [2.05, 4.69) is 10.1 Å². The summed E-state index contributed by atoms with van der Waals surface area (Å²) >= 11 is 0. The van der Waals surface area contributed by atoms with Crippen molar-refractivity contribution in [1.29, 1.82) is 0 Å². The van der Waals surface area contributed by atoms with E-state index in [9.17, 15) is 5.11 Å². The molecule has 0 unspecified atom stereocenters. The predicted molar refractivity (Wildman–Crippen MR) is 65.4 cm³/mol. The largest absolute Gasteiger partial charge is 0.508 e. The maximum Gasteiger partial charge on any atom is 0.231 e. The Labute approximate surface area is 105 Å². The number of aryl methyl sites for hydroxylation is 1. The van der Waals surface area contributed by atoms with Crippen LogP contribution in [0.25, 0.3) is 0 Å². The van der Waals surface area contributed by atoms with Gasteiger partial charge in [0.05, 0.1) is 6.42 Å². The van der Waals surface area contributed by atoms with E-state index >= 15 is 0 Å². The number of aromatic nitrogens is 2. The second-order valence-electron chi connectivity index (χ2n) is 4.04. The normalized spacial score (nSPS) is 10.7. The Bertz CT molecular complexity index is 479. The lowest BCUT2D eigenvalue weighted by Gasteiger charge is -1.96. The van der Waals surface area contributed by atoms with E-state index in [-0.39, 0.29) is 5.75 Å². The second kappa shape index (κ2) is 6.16. The van der Waals surface area contributed by atoms with E-state index in [1.165, 1.54) is 0 Å². The number of methoxy groups -OCH3 is 1. The third kappa shape index (κ3) is 3.56. The Morgan fingerprint density at radius 2 is 2.06 bits per heavy atom. The van der Waals surface area contributed by atoms with Crippen molar-refractivity contribution < 1.29 is 14.4 Å². The fraction of sp³-hybridized carbons (Fsp3) is 0.385. The minimum Gasteiger partial charge on any atom is -0.508 e. The van der Waals surface area contributed by atoms with Crippen molar-refractivity contribution in [1.82, 2.24) is 10.1 Å². The molecule has 5 nitrogen and oxygen atoms in total. The van der Waals surface area contributed by atoms with Crippen LogP contribution >= 0.6 is 0 Å². The quantitative estimate of drug-likeness (QED) is 0.791. The predicted octanol–water partition coefficient (Wildman–Crippen LogP) is 1.95. The summed E-state index contributed by atoms with van der Waals surface area (Å²) in [5.41, 5.74) is 1.03. The Morgan fingerprint density at radius 1 is 1.28 bits per heavy atom. The Kier molecular flexibility index (Phi) is 4.30. The smallest absolute Gasteiger partial charge is 0.231 e. The van der Waals surface area contributed by atoms with Crippen LogP contribution in [0.1, 0.15) is 23.7 Å². The molecule has 2 aromatic rings. The van der Waals surface area contributed by atoms with Crippen LogP contribution in [0.2, 0.25) is 0 Å². The molecule has 0 bridgehead atoms. The van der Waals surface area contributed by atoms with Crippen molar-refractivity contribution in [3.8, 4) is 5.75 Å². The van der Waals surface area contributed by atoms with Gasteiger partial charge in [0.2, 0.25) is 5.89 Å². The highest BCUT2D eigenvalue weighted by Crippen LogP contribution is 2.13. The lowest BCUT2D eigenvalue weighted by Crippen LogP contribution is -1.95. The maximum absolute atomic E-state index is 9.18. The molecular weight excluding hydrogens is 232 g/mol. The molecule has 2 rings (SSSR count). The van der Waals surface area contributed by atoms with Crippen LogP contribution in [-0.2, 0) is 17.6 Å². The van der Waals surface area contributed by atoms with Crippen LogP contribution < -0.4 is 0 Å².